The number of fused-ring (bicyclic) bond motifs is 3. The van der Waals surface area contributed by atoms with Crippen LogP contribution in [0.25, 0.3) is 10.9 Å². The molecule has 0 spiro atoms. The third-order valence-corrected chi connectivity index (χ3v) is 4.08. The van der Waals surface area contributed by atoms with E-state index in [0.717, 1.165) is 19.6 Å². The van der Waals surface area contributed by atoms with Crippen LogP contribution >= 0.6 is 0 Å². The summed E-state index contributed by atoms with van der Waals surface area (Å²) in [6.07, 6.45) is 0.221. The molecule has 1 aliphatic rings. The van der Waals surface area contributed by atoms with E-state index in [1.165, 1.54) is 27.7 Å². The Morgan fingerprint density at radius 3 is 2.80 bits per heavy atom. The van der Waals surface area contributed by atoms with Gasteiger partial charge in [0.15, 0.2) is 0 Å². The van der Waals surface area contributed by atoms with Crippen molar-refractivity contribution in [1.82, 2.24) is 9.47 Å². The lowest BCUT2D eigenvalue weighted by molar-refractivity contribution is -0.137. The summed E-state index contributed by atoms with van der Waals surface area (Å²) in [5.74, 6) is -0.720. The number of aliphatic carboxylic acids is 1. The first kappa shape index (κ1) is 13.2. The Morgan fingerprint density at radius 1 is 1.25 bits per heavy atom. The molecule has 0 saturated heterocycles. The van der Waals surface area contributed by atoms with E-state index in [2.05, 4.69) is 41.5 Å². The van der Waals surface area contributed by atoms with Gasteiger partial charge in [-0.05, 0) is 31.5 Å². The minimum atomic E-state index is -0.720. The molecule has 1 aromatic carbocycles. The molecule has 4 heteroatoms. The van der Waals surface area contributed by atoms with E-state index in [9.17, 15) is 4.79 Å². The smallest absolute Gasteiger partial charge is 0.304 e. The van der Waals surface area contributed by atoms with Crippen LogP contribution in [0.2, 0.25) is 0 Å². The number of carbonyl (C=O) groups is 1. The second-order valence-corrected chi connectivity index (χ2v) is 5.73. The molecule has 0 radical (unpaired) electrons. The van der Waals surface area contributed by atoms with Crippen molar-refractivity contribution in [3.05, 3.63) is 35.0 Å². The molecule has 1 aliphatic heterocycles. The molecule has 0 amide bonds. The molecule has 0 unspecified atom stereocenters. The molecule has 0 atom stereocenters. The molecule has 3 rings (SSSR count). The lowest BCUT2D eigenvalue weighted by Crippen LogP contribution is -2.34. The molecule has 4 nitrogen and oxygen atoms in total. The van der Waals surface area contributed by atoms with E-state index in [4.69, 9.17) is 5.11 Å². The van der Waals surface area contributed by atoms with E-state index in [1.807, 2.05) is 0 Å². The number of hydrogen-bond donors (Lipinski definition) is 1. The summed E-state index contributed by atoms with van der Waals surface area (Å²) >= 11 is 0. The van der Waals surface area contributed by atoms with Crippen molar-refractivity contribution < 1.29 is 9.90 Å². The lowest BCUT2D eigenvalue weighted by atomic mass is 10.1. The van der Waals surface area contributed by atoms with Gasteiger partial charge in [0.1, 0.15) is 0 Å². The van der Waals surface area contributed by atoms with Crippen LogP contribution < -0.4 is 0 Å². The van der Waals surface area contributed by atoms with Crippen molar-refractivity contribution in [3.63, 3.8) is 0 Å². The molecule has 106 valence electrons. The summed E-state index contributed by atoms with van der Waals surface area (Å²) < 4.78 is 2.39. The van der Waals surface area contributed by atoms with E-state index in [0.29, 0.717) is 6.54 Å². The van der Waals surface area contributed by atoms with Crippen LogP contribution in [0.15, 0.2) is 18.2 Å². The third kappa shape index (κ3) is 2.31. The maximum atomic E-state index is 10.7. The Kier molecular flexibility index (Phi) is 3.26. The summed E-state index contributed by atoms with van der Waals surface area (Å²) in [5, 5.41) is 10.1. The van der Waals surface area contributed by atoms with Crippen LogP contribution in [-0.4, -0.2) is 33.6 Å². The SMILES string of the molecule is Cc1cc(C)c2c(c1)cc1n2CCN(CCC(=O)O)C1. The summed E-state index contributed by atoms with van der Waals surface area (Å²) in [7, 11) is 0. The molecule has 0 fully saturated rings. The normalized spacial score (nSPS) is 15.5. The minimum Gasteiger partial charge on any atom is -0.481 e. The zero-order valence-electron chi connectivity index (χ0n) is 12.0. The van der Waals surface area contributed by atoms with Crippen LogP contribution in [0.5, 0.6) is 0 Å². The monoisotopic (exact) mass is 272 g/mol. The van der Waals surface area contributed by atoms with E-state index >= 15 is 0 Å². The van der Waals surface area contributed by atoms with Gasteiger partial charge in [-0.25, -0.2) is 0 Å². The first-order chi connectivity index (χ1) is 9.54. The number of carboxylic acid groups (broad SMARTS) is 1. The summed E-state index contributed by atoms with van der Waals surface area (Å²) in [6, 6.07) is 6.71. The molecular formula is C16H20N2O2. The maximum absolute atomic E-state index is 10.7. The zero-order valence-corrected chi connectivity index (χ0v) is 12.0. The molecule has 1 aromatic heterocycles. The fourth-order valence-corrected chi connectivity index (χ4v) is 3.25. The number of rotatable bonds is 3. The highest BCUT2D eigenvalue weighted by Gasteiger charge is 2.19. The summed E-state index contributed by atoms with van der Waals surface area (Å²) in [6.45, 7) is 7.65. The predicted octanol–water partition coefficient (Wildman–Crippen LogP) is 2.55. The largest absolute Gasteiger partial charge is 0.481 e. The number of aromatic nitrogens is 1. The Balaban J connectivity index is 1.91. The Morgan fingerprint density at radius 2 is 2.05 bits per heavy atom. The van der Waals surface area contributed by atoms with Gasteiger partial charge in [-0.15, -0.1) is 0 Å². The summed E-state index contributed by atoms with van der Waals surface area (Å²) in [5.41, 5.74) is 5.25. The van der Waals surface area contributed by atoms with Gasteiger partial charge in [-0.1, -0.05) is 11.6 Å². The number of hydrogen-bond acceptors (Lipinski definition) is 2. The quantitative estimate of drug-likeness (QED) is 0.934. The second-order valence-electron chi connectivity index (χ2n) is 5.73. The molecule has 20 heavy (non-hydrogen) atoms. The van der Waals surface area contributed by atoms with Gasteiger partial charge in [0.25, 0.3) is 0 Å². The van der Waals surface area contributed by atoms with Crippen LogP contribution in [0, 0.1) is 13.8 Å². The molecule has 2 aromatic rings. The second kappa shape index (κ2) is 4.94. The van der Waals surface area contributed by atoms with Crippen molar-refractivity contribution in [3.8, 4) is 0 Å². The zero-order chi connectivity index (χ0) is 14.3. The van der Waals surface area contributed by atoms with Gasteiger partial charge in [-0.3, -0.25) is 9.69 Å². The molecule has 2 heterocycles. The van der Waals surface area contributed by atoms with Gasteiger partial charge < -0.3 is 9.67 Å². The van der Waals surface area contributed by atoms with Crippen LogP contribution in [-0.2, 0) is 17.9 Å². The highest BCUT2D eigenvalue weighted by molar-refractivity contribution is 5.85. The third-order valence-electron chi connectivity index (χ3n) is 4.08. The van der Waals surface area contributed by atoms with E-state index < -0.39 is 5.97 Å². The van der Waals surface area contributed by atoms with Crippen LogP contribution in [0.3, 0.4) is 0 Å². The van der Waals surface area contributed by atoms with Gasteiger partial charge in [0, 0.05) is 37.3 Å². The standard InChI is InChI=1S/C16H20N2O2/c1-11-7-12(2)16-13(8-11)9-14-10-17(4-3-15(19)20)5-6-18(14)16/h7-9H,3-6,10H2,1-2H3,(H,19,20). The molecular weight excluding hydrogens is 252 g/mol. The van der Waals surface area contributed by atoms with Gasteiger partial charge in [0.05, 0.1) is 11.9 Å². The fourth-order valence-electron chi connectivity index (χ4n) is 3.25. The molecule has 0 aliphatic carbocycles. The van der Waals surface area contributed by atoms with Crippen molar-refractivity contribution in [2.45, 2.75) is 33.4 Å². The molecule has 0 bridgehead atoms. The Labute approximate surface area is 118 Å². The van der Waals surface area contributed by atoms with Crippen molar-refractivity contribution in [2.75, 3.05) is 13.1 Å². The van der Waals surface area contributed by atoms with Gasteiger partial charge in [0.2, 0.25) is 0 Å². The van der Waals surface area contributed by atoms with E-state index in [-0.39, 0.29) is 6.42 Å². The van der Waals surface area contributed by atoms with Gasteiger partial charge in [-0.2, -0.15) is 0 Å². The lowest BCUT2D eigenvalue weighted by Gasteiger charge is -2.28. The highest BCUT2D eigenvalue weighted by atomic mass is 16.4. The summed E-state index contributed by atoms with van der Waals surface area (Å²) in [4.78, 5) is 12.9. The first-order valence-corrected chi connectivity index (χ1v) is 7.08. The minimum absolute atomic E-state index is 0.221. The average molecular weight is 272 g/mol. The predicted molar refractivity (Wildman–Crippen MR) is 78.9 cm³/mol. The number of benzene rings is 1. The van der Waals surface area contributed by atoms with Crippen molar-refractivity contribution >= 4 is 16.9 Å². The number of nitrogens with zero attached hydrogens (tertiary/aromatic N) is 2. The fraction of sp³-hybridized carbons (Fsp3) is 0.438. The molecule has 1 N–H and O–H groups in total. The van der Waals surface area contributed by atoms with Gasteiger partial charge >= 0.3 is 5.97 Å². The first-order valence-electron chi connectivity index (χ1n) is 7.08. The number of carboxylic acids is 1. The van der Waals surface area contributed by atoms with Crippen molar-refractivity contribution in [1.29, 1.82) is 0 Å². The number of aryl methyl sites for hydroxylation is 2. The Bertz CT molecular complexity index is 673. The molecule has 0 saturated carbocycles. The van der Waals surface area contributed by atoms with Crippen LogP contribution in [0.1, 0.15) is 23.2 Å². The topological polar surface area (TPSA) is 45.5 Å². The van der Waals surface area contributed by atoms with Crippen LogP contribution in [0.4, 0.5) is 0 Å². The van der Waals surface area contributed by atoms with Crippen molar-refractivity contribution in [2.24, 2.45) is 0 Å². The highest BCUT2D eigenvalue weighted by Crippen LogP contribution is 2.27. The Hall–Kier alpha value is -1.81. The van der Waals surface area contributed by atoms with E-state index in [1.54, 1.807) is 0 Å². The maximum Gasteiger partial charge on any atom is 0.304 e. The average Bonchev–Trinajstić information content (AvgIpc) is 2.73.